The monoisotopic (exact) mass is 509 g/mol. The minimum Gasteiger partial charge on any atom is -0.496 e. The van der Waals surface area contributed by atoms with Crippen molar-refractivity contribution in [1.29, 1.82) is 0 Å². The molecule has 3 aliphatic rings. The van der Waals surface area contributed by atoms with E-state index in [1.807, 2.05) is 42.5 Å². The number of para-hydroxylation sites is 1. The van der Waals surface area contributed by atoms with Crippen LogP contribution >= 0.6 is 0 Å². The lowest BCUT2D eigenvalue weighted by atomic mass is 9.84. The van der Waals surface area contributed by atoms with Crippen LogP contribution in [-0.2, 0) is 16.1 Å². The van der Waals surface area contributed by atoms with Crippen LogP contribution < -0.4 is 25.4 Å². The molecule has 2 fully saturated rings. The predicted octanol–water partition coefficient (Wildman–Crippen LogP) is 3.46. The first-order chi connectivity index (χ1) is 18.0. The summed E-state index contributed by atoms with van der Waals surface area (Å²) in [4.78, 5) is 25.2. The molecule has 2 aromatic rings. The maximum absolute atomic E-state index is 12.8. The molecule has 4 N–H and O–H groups in total. The van der Waals surface area contributed by atoms with Gasteiger partial charge in [0.1, 0.15) is 23.7 Å². The van der Waals surface area contributed by atoms with Crippen LogP contribution in [0.15, 0.2) is 42.5 Å². The number of ether oxygens (including phenoxy) is 3. The van der Waals surface area contributed by atoms with Crippen LogP contribution in [0.2, 0.25) is 0 Å². The van der Waals surface area contributed by atoms with E-state index in [1.165, 1.54) is 0 Å². The van der Waals surface area contributed by atoms with Crippen molar-refractivity contribution in [3.05, 3.63) is 53.6 Å². The van der Waals surface area contributed by atoms with Gasteiger partial charge in [-0.1, -0.05) is 31.0 Å². The van der Waals surface area contributed by atoms with Gasteiger partial charge in [-0.3, -0.25) is 4.79 Å². The predicted molar refractivity (Wildman–Crippen MR) is 138 cm³/mol. The molecular weight excluding hydrogens is 474 g/mol. The van der Waals surface area contributed by atoms with Gasteiger partial charge in [0.25, 0.3) is 0 Å². The highest BCUT2D eigenvalue weighted by molar-refractivity contribution is 5.89. The number of carbonyl (C=O) groups is 2. The van der Waals surface area contributed by atoms with E-state index in [0.29, 0.717) is 18.7 Å². The van der Waals surface area contributed by atoms with E-state index in [4.69, 9.17) is 14.2 Å². The smallest absolute Gasteiger partial charge is 0.319 e. The fraction of sp³-hybridized carbons (Fsp3) is 0.500. The molecule has 1 saturated heterocycles. The third-order valence-electron chi connectivity index (χ3n) is 7.53. The van der Waals surface area contributed by atoms with Crippen molar-refractivity contribution in [2.45, 2.75) is 75.3 Å². The number of rotatable bonds is 8. The Morgan fingerprint density at radius 2 is 1.95 bits per heavy atom. The molecule has 3 amide bonds. The van der Waals surface area contributed by atoms with Crippen molar-refractivity contribution >= 4 is 17.6 Å². The second kappa shape index (κ2) is 11.4. The zero-order chi connectivity index (χ0) is 25.8. The Bertz CT molecular complexity index is 1120. The van der Waals surface area contributed by atoms with Crippen LogP contribution in [-0.4, -0.2) is 55.1 Å². The lowest BCUT2D eigenvalue weighted by Crippen LogP contribution is -2.47. The number of methoxy groups -OCH3 is 1. The number of nitrogens with one attached hydrogen (secondary N) is 3. The second-order valence-electron chi connectivity index (χ2n) is 10.0. The molecule has 0 aromatic heterocycles. The summed E-state index contributed by atoms with van der Waals surface area (Å²) in [5.74, 6) is 1.26. The summed E-state index contributed by atoms with van der Waals surface area (Å²) in [6.07, 6.45) is 3.84. The van der Waals surface area contributed by atoms with E-state index in [1.54, 1.807) is 7.11 Å². The fourth-order valence-corrected chi connectivity index (χ4v) is 5.71. The highest BCUT2D eigenvalue weighted by Gasteiger charge is 2.46. The molecule has 198 valence electrons. The molecule has 4 atom stereocenters. The molecule has 0 radical (unpaired) electrons. The minimum atomic E-state index is -0.541. The topological polar surface area (TPSA) is 118 Å². The van der Waals surface area contributed by atoms with Crippen LogP contribution in [0.3, 0.4) is 0 Å². The summed E-state index contributed by atoms with van der Waals surface area (Å²) in [6, 6.07) is 13.2. The van der Waals surface area contributed by atoms with Crippen molar-refractivity contribution in [1.82, 2.24) is 10.6 Å². The standard InChI is InChI=1S/C28H35N3O6/c1-35-23-9-5-2-6-17(23)15-29-26(33)14-20-13-22-21-12-19(31-28(34)30-18-7-3-4-8-18)10-11-24(21)37-27(22)25(16-32)36-20/h2,5-6,9-12,18,20,22,25,27,32H,3-4,7-8,13-16H2,1H3,(H,29,33)(H2,30,31,34)/t20-,22-,25+,27+/m1/s1. The zero-order valence-corrected chi connectivity index (χ0v) is 21.1. The molecule has 9 nitrogen and oxygen atoms in total. The van der Waals surface area contributed by atoms with Gasteiger partial charge in [0.2, 0.25) is 5.91 Å². The maximum atomic E-state index is 12.8. The molecule has 9 heteroatoms. The van der Waals surface area contributed by atoms with Crippen molar-refractivity contribution < 1.29 is 28.9 Å². The molecule has 0 spiro atoms. The molecule has 1 aliphatic carbocycles. The van der Waals surface area contributed by atoms with Crippen molar-refractivity contribution in [2.24, 2.45) is 0 Å². The Balaban J connectivity index is 1.22. The van der Waals surface area contributed by atoms with Gasteiger partial charge in [0.05, 0.1) is 26.2 Å². The SMILES string of the molecule is COc1ccccc1CNC(=O)C[C@H]1C[C@@H]2c3cc(NC(=O)NC4CCCC4)ccc3O[C@@H]2[C@H](CO)O1. The molecule has 1 saturated carbocycles. The van der Waals surface area contributed by atoms with Crippen molar-refractivity contribution in [3.8, 4) is 11.5 Å². The Kier molecular flexibility index (Phi) is 7.81. The van der Waals surface area contributed by atoms with Gasteiger partial charge in [-0.05, 0) is 43.5 Å². The van der Waals surface area contributed by atoms with Crippen LogP contribution in [0, 0.1) is 0 Å². The van der Waals surface area contributed by atoms with E-state index in [2.05, 4.69) is 16.0 Å². The average Bonchev–Trinajstić information content (AvgIpc) is 3.54. The Hall–Kier alpha value is -3.30. The third-order valence-corrected chi connectivity index (χ3v) is 7.53. The normalized spacial score (nSPS) is 24.5. The number of hydrogen-bond acceptors (Lipinski definition) is 6. The number of hydrogen-bond donors (Lipinski definition) is 4. The highest BCUT2D eigenvalue weighted by atomic mass is 16.6. The molecule has 2 heterocycles. The van der Waals surface area contributed by atoms with Gasteiger partial charge in [0.15, 0.2) is 0 Å². The van der Waals surface area contributed by atoms with E-state index in [9.17, 15) is 14.7 Å². The summed E-state index contributed by atoms with van der Waals surface area (Å²) in [7, 11) is 1.60. The van der Waals surface area contributed by atoms with Gasteiger partial charge in [-0.25, -0.2) is 4.79 Å². The van der Waals surface area contributed by atoms with Gasteiger partial charge in [0, 0.05) is 35.3 Å². The highest BCUT2D eigenvalue weighted by Crippen LogP contribution is 2.47. The largest absolute Gasteiger partial charge is 0.496 e. The average molecular weight is 510 g/mol. The Morgan fingerprint density at radius 3 is 2.73 bits per heavy atom. The lowest BCUT2D eigenvalue weighted by molar-refractivity contribution is -0.142. The number of amides is 3. The fourth-order valence-electron chi connectivity index (χ4n) is 5.71. The molecular formula is C28H35N3O6. The van der Waals surface area contributed by atoms with Gasteiger partial charge in [-0.2, -0.15) is 0 Å². The van der Waals surface area contributed by atoms with Crippen molar-refractivity contribution in [2.75, 3.05) is 19.0 Å². The molecule has 0 bridgehead atoms. The van der Waals surface area contributed by atoms with Crippen LogP contribution in [0.4, 0.5) is 10.5 Å². The maximum Gasteiger partial charge on any atom is 0.319 e. The summed E-state index contributed by atoms with van der Waals surface area (Å²) in [5.41, 5.74) is 2.55. The quantitative estimate of drug-likeness (QED) is 0.433. The number of carbonyl (C=O) groups excluding carboxylic acids is 2. The molecule has 2 aliphatic heterocycles. The number of benzene rings is 2. The second-order valence-corrected chi connectivity index (χ2v) is 10.0. The molecule has 5 rings (SSSR count). The number of fused-ring (bicyclic) bond motifs is 3. The molecule has 37 heavy (non-hydrogen) atoms. The van der Waals surface area contributed by atoms with Crippen LogP contribution in [0.5, 0.6) is 11.5 Å². The first-order valence-corrected chi connectivity index (χ1v) is 13.1. The number of aliphatic hydroxyl groups excluding tert-OH is 1. The first-order valence-electron chi connectivity index (χ1n) is 13.1. The van der Waals surface area contributed by atoms with Gasteiger partial charge < -0.3 is 35.3 Å². The molecule has 2 aromatic carbocycles. The van der Waals surface area contributed by atoms with E-state index >= 15 is 0 Å². The van der Waals surface area contributed by atoms with Crippen LogP contribution in [0.25, 0.3) is 0 Å². The van der Waals surface area contributed by atoms with Gasteiger partial charge in [-0.15, -0.1) is 0 Å². The van der Waals surface area contributed by atoms with Crippen LogP contribution in [0.1, 0.15) is 55.6 Å². The summed E-state index contributed by atoms with van der Waals surface area (Å²) in [6.45, 7) is 0.151. The number of aliphatic hydroxyl groups is 1. The van der Waals surface area contributed by atoms with E-state index < -0.39 is 6.10 Å². The van der Waals surface area contributed by atoms with E-state index in [0.717, 1.165) is 48.3 Å². The van der Waals surface area contributed by atoms with E-state index in [-0.39, 0.29) is 49.1 Å². The molecule has 0 unspecified atom stereocenters. The third kappa shape index (κ3) is 5.83. The lowest BCUT2D eigenvalue weighted by Gasteiger charge is -2.37. The Morgan fingerprint density at radius 1 is 1.14 bits per heavy atom. The number of urea groups is 1. The zero-order valence-electron chi connectivity index (χ0n) is 21.1. The Labute approximate surface area is 216 Å². The summed E-state index contributed by atoms with van der Waals surface area (Å²) in [5, 5.41) is 18.9. The minimum absolute atomic E-state index is 0.0486. The first kappa shape index (κ1) is 25.4. The summed E-state index contributed by atoms with van der Waals surface area (Å²) < 4.78 is 17.6. The summed E-state index contributed by atoms with van der Waals surface area (Å²) >= 11 is 0. The van der Waals surface area contributed by atoms with Crippen molar-refractivity contribution in [3.63, 3.8) is 0 Å². The number of anilines is 1. The van der Waals surface area contributed by atoms with Gasteiger partial charge >= 0.3 is 6.03 Å².